The van der Waals surface area contributed by atoms with Crippen LogP contribution in [0.25, 0.3) is 11.2 Å². The minimum Gasteiger partial charge on any atom is -0.479 e. The first-order valence-corrected chi connectivity index (χ1v) is 6.78. The minimum absolute atomic E-state index is 0.272. The average Bonchev–Trinajstić information content (AvgIpc) is 2.87. The molecule has 3 aromatic rings. The number of rotatable bonds is 4. The third-order valence-corrected chi connectivity index (χ3v) is 3.24. The Hall–Kier alpha value is -2.28. The molecule has 0 aliphatic heterocycles. The molecule has 0 amide bonds. The van der Waals surface area contributed by atoms with Crippen molar-refractivity contribution in [2.45, 2.75) is 18.8 Å². The molecule has 3 rings (SSSR count). The van der Waals surface area contributed by atoms with Gasteiger partial charge in [-0.05, 0) is 13.0 Å². The van der Waals surface area contributed by atoms with Crippen molar-refractivity contribution in [2.24, 2.45) is 0 Å². The van der Waals surface area contributed by atoms with Crippen LogP contribution in [0.5, 0.6) is 5.88 Å². The second-order valence-corrected chi connectivity index (χ2v) is 5.08. The Morgan fingerprint density at radius 3 is 2.81 bits per heavy atom. The van der Waals surface area contributed by atoms with Gasteiger partial charge in [-0.25, -0.2) is 19.9 Å². The molecule has 0 spiro atoms. The molecular weight excluding hydrogens is 292 g/mol. The third kappa shape index (κ3) is 2.52. The lowest BCUT2D eigenvalue weighted by atomic mass is 10.3. The molecule has 0 saturated carbocycles. The fraction of sp³-hybridized carbons (Fsp3) is 0.308. The van der Waals surface area contributed by atoms with Crippen molar-refractivity contribution in [3.8, 4) is 5.88 Å². The van der Waals surface area contributed by atoms with Crippen LogP contribution in [0.15, 0.2) is 24.9 Å². The van der Waals surface area contributed by atoms with Crippen molar-refractivity contribution in [1.29, 1.82) is 0 Å². The third-order valence-electron chi connectivity index (χ3n) is 3.04. The minimum atomic E-state index is -0.272. The average molecular weight is 305 g/mol. The molecule has 0 N–H and O–H groups in total. The highest BCUT2D eigenvalue weighted by Gasteiger charge is 2.19. The van der Waals surface area contributed by atoms with Crippen molar-refractivity contribution in [3.63, 3.8) is 0 Å². The maximum atomic E-state index is 6.24. The Morgan fingerprint density at radius 2 is 2.14 bits per heavy atom. The van der Waals surface area contributed by atoms with Crippen LogP contribution in [-0.4, -0.2) is 36.6 Å². The lowest BCUT2D eigenvalue weighted by Gasteiger charge is -2.09. The number of hydrogen-bond acceptors (Lipinski definition) is 6. The highest BCUT2D eigenvalue weighted by molar-refractivity contribution is 6.20. The number of hydrogen-bond donors (Lipinski definition) is 0. The van der Waals surface area contributed by atoms with Gasteiger partial charge in [-0.2, -0.15) is 4.98 Å². The zero-order valence-electron chi connectivity index (χ0n) is 11.6. The highest BCUT2D eigenvalue weighted by atomic mass is 35.5. The van der Waals surface area contributed by atoms with E-state index in [4.69, 9.17) is 16.3 Å². The molecular formula is C13H13ClN6O. The zero-order chi connectivity index (χ0) is 14.8. The largest absolute Gasteiger partial charge is 0.479 e. The van der Waals surface area contributed by atoms with E-state index in [-0.39, 0.29) is 5.38 Å². The summed E-state index contributed by atoms with van der Waals surface area (Å²) in [4.78, 5) is 21.0. The van der Waals surface area contributed by atoms with E-state index in [1.54, 1.807) is 13.3 Å². The summed E-state index contributed by atoms with van der Waals surface area (Å²) >= 11 is 6.24. The van der Waals surface area contributed by atoms with Gasteiger partial charge in [-0.1, -0.05) is 0 Å². The van der Waals surface area contributed by atoms with Crippen molar-refractivity contribution >= 4 is 22.8 Å². The number of imidazole rings is 1. The second kappa shape index (κ2) is 5.61. The summed E-state index contributed by atoms with van der Waals surface area (Å²) < 4.78 is 7.15. The second-order valence-electron chi connectivity index (χ2n) is 4.43. The Kier molecular flexibility index (Phi) is 3.66. The topological polar surface area (TPSA) is 78.6 Å². The van der Waals surface area contributed by atoms with Crippen LogP contribution in [0, 0.1) is 0 Å². The predicted molar refractivity (Wildman–Crippen MR) is 77.3 cm³/mol. The van der Waals surface area contributed by atoms with Gasteiger partial charge < -0.3 is 9.30 Å². The maximum Gasteiger partial charge on any atom is 0.245 e. The van der Waals surface area contributed by atoms with Crippen molar-refractivity contribution in [1.82, 2.24) is 29.5 Å². The first kappa shape index (κ1) is 13.7. The van der Waals surface area contributed by atoms with Crippen LogP contribution in [0.4, 0.5) is 0 Å². The number of halogens is 1. The van der Waals surface area contributed by atoms with Crippen LogP contribution >= 0.6 is 11.6 Å². The number of ether oxygens (including phenoxy) is 1. The fourth-order valence-electron chi connectivity index (χ4n) is 2.12. The zero-order valence-corrected chi connectivity index (χ0v) is 12.3. The van der Waals surface area contributed by atoms with E-state index >= 15 is 0 Å². The van der Waals surface area contributed by atoms with Gasteiger partial charge in [-0.15, -0.1) is 11.6 Å². The Morgan fingerprint density at radius 1 is 1.29 bits per heavy atom. The summed E-state index contributed by atoms with van der Waals surface area (Å²) in [6, 6.07) is 1.84. The SMILES string of the molecule is COc1ncnc2c1nc(C(C)Cl)n2Cc1ccncn1. The molecule has 0 aromatic carbocycles. The number of nitrogens with zero attached hydrogens (tertiary/aromatic N) is 6. The van der Waals surface area contributed by atoms with Crippen molar-refractivity contribution in [3.05, 3.63) is 36.4 Å². The molecule has 0 aliphatic rings. The summed E-state index contributed by atoms with van der Waals surface area (Å²) in [5.74, 6) is 1.13. The van der Waals surface area contributed by atoms with Crippen molar-refractivity contribution < 1.29 is 4.74 Å². The van der Waals surface area contributed by atoms with Crippen LogP contribution in [0.3, 0.4) is 0 Å². The van der Waals surface area contributed by atoms with E-state index in [0.717, 1.165) is 5.69 Å². The summed E-state index contributed by atoms with van der Waals surface area (Å²) in [5, 5.41) is -0.272. The van der Waals surface area contributed by atoms with Gasteiger partial charge in [0.2, 0.25) is 5.88 Å². The molecule has 21 heavy (non-hydrogen) atoms. The summed E-state index contributed by atoms with van der Waals surface area (Å²) in [6.45, 7) is 2.37. The van der Waals surface area contributed by atoms with Gasteiger partial charge in [0.1, 0.15) is 18.5 Å². The van der Waals surface area contributed by atoms with E-state index in [2.05, 4.69) is 24.9 Å². The number of alkyl halides is 1. The summed E-state index contributed by atoms with van der Waals surface area (Å²) in [6.07, 6.45) is 4.65. The lowest BCUT2D eigenvalue weighted by Crippen LogP contribution is -2.08. The molecule has 8 heteroatoms. The molecule has 0 aliphatic carbocycles. The summed E-state index contributed by atoms with van der Waals surface area (Å²) in [7, 11) is 1.55. The Labute approximate surface area is 126 Å². The smallest absolute Gasteiger partial charge is 0.245 e. The van der Waals surface area contributed by atoms with E-state index in [0.29, 0.717) is 29.4 Å². The first-order chi connectivity index (χ1) is 10.2. The molecule has 0 bridgehead atoms. The van der Waals surface area contributed by atoms with Crippen LogP contribution < -0.4 is 4.74 Å². The Balaban J connectivity index is 2.17. The molecule has 0 saturated heterocycles. The van der Waals surface area contributed by atoms with Gasteiger partial charge in [0.05, 0.1) is 24.7 Å². The number of methoxy groups -OCH3 is 1. The van der Waals surface area contributed by atoms with Gasteiger partial charge in [0.15, 0.2) is 11.2 Å². The van der Waals surface area contributed by atoms with Gasteiger partial charge in [-0.3, -0.25) is 0 Å². The quantitative estimate of drug-likeness (QED) is 0.686. The lowest BCUT2D eigenvalue weighted by molar-refractivity contribution is 0.401. The Bertz CT molecular complexity index is 758. The molecule has 1 unspecified atom stereocenters. The molecule has 1 atom stereocenters. The number of fused-ring (bicyclic) bond motifs is 1. The van der Waals surface area contributed by atoms with E-state index < -0.39 is 0 Å². The molecule has 0 fully saturated rings. The first-order valence-electron chi connectivity index (χ1n) is 6.34. The van der Waals surface area contributed by atoms with E-state index in [1.807, 2.05) is 17.6 Å². The van der Waals surface area contributed by atoms with Gasteiger partial charge in [0.25, 0.3) is 0 Å². The van der Waals surface area contributed by atoms with Gasteiger partial charge in [0, 0.05) is 6.20 Å². The molecule has 7 nitrogen and oxygen atoms in total. The normalized spacial score (nSPS) is 12.5. The standard InChI is InChI=1S/C13H13ClN6O/c1-8(14)11-19-10-12(17-7-18-13(10)21-2)20(11)5-9-3-4-15-6-16-9/h3-4,6-8H,5H2,1-2H3. The molecule has 3 heterocycles. The van der Waals surface area contributed by atoms with Gasteiger partial charge >= 0.3 is 0 Å². The monoisotopic (exact) mass is 304 g/mol. The highest BCUT2D eigenvalue weighted by Crippen LogP contribution is 2.27. The summed E-state index contributed by atoms with van der Waals surface area (Å²) in [5.41, 5.74) is 2.11. The molecule has 3 aromatic heterocycles. The molecule has 0 radical (unpaired) electrons. The number of aromatic nitrogens is 6. The fourth-order valence-corrected chi connectivity index (χ4v) is 2.28. The van der Waals surface area contributed by atoms with Crippen LogP contribution in [0.1, 0.15) is 23.8 Å². The van der Waals surface area contributed by atoms with Crippen LogP contribution in [0.2, 0.25) is 0 Å². The van der Waals surface area contributed by atoms with E-state index in [1.165, 1.54) is 12.7 Å². The van der Waals surface area contributed by atoms with Crippen molar-refractivity contribution in [2.75, 3.05) is 7.11 Å². The predicted octanol–water partition coefficient (Wildman–Crippen LogP) is 1.97. The van der Waals surface area contributed by atoms with E-state index in [9.17, 15) is 0 Å². The van der Waals surface area contributed by atoms with Crippen LogP contribution in [-0.2, 0) is 6.54 Å². The maximum absolute atomic E-state index is 6.24. The molecule has 108 valence electrons.